The molecule has 0 fully saturated rings. The van der Waals surface area contributed by atoms with Crippen molar-refractivity contribution in [2.75, 3.05) is 0 Å². The number of hydrogen-bond donors (Lipinski definition) is 1. The van der Waals surface area contributed by atoms with Gasteiger partial charge < -0.3 is 9.84 Å². The van der Waals surface area contributed by atoms with E-state index in [1.54, 1.807) is 36.4 Å². The second-order valence-corrected chi connectivity index (χ2v) is 8.39. The molecule has 1 N–H and O–H groups in total. The van der Waals surface area contributed by atoms with Crippen molar-refractivity contribution >= 4 is 10.1 Å². The summed E-state index contributed by atoms with van der Waals surface area (Å²) in [5.41, 5.74) is 0.717. The van der Waals surface area contributed by atoms with Crippen molar-refractivity contribution in [2.45, 2.75) is 69.6 Å². The summed E-state index contributed by atoms with van der Waals surface area (Å²) in [6, 6.07) is 11.4. The number of unbranched alkanes of at least 4 members (excludes halogenated alkanes) is 7. The maximum atomic E-state index is 12.3. The van der Waals surface area contributed by atoms with E-state index in [4.69, 9.17) is 4.74 Å². The van der Waals surface area contributed by atoms with E-state index < -0.39 is 20.8 Å². The van der Waals surface area contributed by atoms with Gasteiger partial charge in [0.05, 0.1) is 0 Å². The van der Waals surface area contributed by atoms with Gasteiger partial charge in [-0.15, -0.1) is 0 Å². The maximum absolute atomic E-state index is 12.3. The molecule has 5 nitrogen and oxygen atoms in total. The zero-order valence-electron chi connectivity index (χ0n) is 17.4. The van der Waals surface area contributed by atoms with E-state index in [1.807, 2.05) is 0 Å². The van der Waals surface area contributed by atoms with E-state index in [0.717, 1.165) is 19.3 Å². The van der Waals surface area contributed by atoms with Crippen LogP contribution in [0, 0.1) is 0 Å². The molecule has 0 saturated heterocycles. The topological polar surface area (TPSA) is 86.7 Å². The van der Waals surface area contributed by atoms with E-state index in [2.05, 4.69) is 6.92 Å². The Morgan fingerprint density at radius 2 is 1.52 bits per heavy atom. The molecule has 0 heterocycles. The van der Waals surface area contributed by atoms with Crippen LogP contribution in [0.25, 0.3) is 0 Å². The molecule has 0 aliphatic heterocycles. The molecule has 0 aromatic heterocycles. The number of ether oxygens (including phenoxy) is 1. The van der Waals surface area contributed by atoms with Crippen molar-refractivity contribution < 1.29 is 74.2 Å². The molecule has 2 aromatic carbocycles. The first-order valence-corrected chi connectivity index (χ1v) is 11.4. The average Bonchev–Trinajstić information content (AvgIpc) is 2.63. The number of aryl methyl sites for hydroxylation is 1. The van der Waals surface area contributed by atoms with Crippen LogP contribution in [0.1, 0.15) is 63.9 Å². The monoisotopic (exact) mass is 444 g/mol. The number of rotatable bonds is 12. The van der Waals surface area contributed by atoms with Crippen LogP contribution in [-0.4, -0.2) is 13.0 Å². The Hall–Kier alpha value is -0.414. The van der Waals surface area contributed by atoms with Crippen LogP contribution >= 0.6 is 0 Å². The average molecular weight is 445 g/mol. The quantitative estimate of drug-likeness (QED) is 0.309. The largest absolute Gasteiger partial charge is 1.00 e. The molecular formula is C22H29KO5S. The Kier molecular flexibility index (Phi) is 12.7. The fraction of sp³-hybridized carbons (Fsp3) is 0.455. The number of para-hydroxylation sites is 1. The van der Waals surface area contributed by atoms with E-state index in [9.17, 15) is 18.1 Å². The Morgan fingerprint density at radius 3 is 2.10 bits per heavy atom. The second kappa shape index (κ2) is 13.8. The number of benzene rings is 2. The van der Waals surface area contributed by atoms with E-state index in [0.29, 0.717) is 17.7 Å². The molecule has 29 heavy (non-hydrogen) atoms. The zero-order chi connectivity index (χ0) is 20.4. The first-order valence-electron chi connectivity index (χ1n) is 9.96. The summed E-state index contributed by atoms with van der Waals surface area (Å²) in [6.45, 7) is 2.20. The summed E-state index contributed by atoms with van der Waals surface area (Å²) in [7, 11) is -4.68. The van der Waals surface area contributed by atoms with Gasteiger partial charge in [0.15, 0.2) is 0 Å². The maximum Gasteiger partial charge on any atom is 1.00 e. The van der Waals surface area contributed by atoms with Gasteiger partial charge in [0, 0.05) is 0 Å². The fourth-order valence-corrected chi connectivity index (χ4v) is 3.85. The summed E-state index contributed by atoms with van der Waals surface area (Å²) < 4.78 is 38.4. The van der Waals surface area contributed by atoms with E-state index in [-0.39, 0.29) is 57.1 Å². The van der Waals surface area contributed by atoms with Crippen LogP contribution in [0.5, 0.6) is 17.2 Å². The Bertz CT molecular complexity index is 838. The predicted molar refractivity (Wildman–Crippen MR) is 109 cm³/mol. The molecule has 0 saturated carbocycles. The zero-order valence-corrected chi connectivity index (χ0v) is 21.3. The molecule has 2 rings (SSSR count). The molecular weight excluding hydrogens is 415 g/mol. The van der Waals surface area contributed by atoms with Gasteiger partial charge in [0.1, 0.15) is 16.4 Å². The van der Waals surface area contributed by atoms with E-state index >= 15 is 0 Å². The molecule has 0 spiro atoms. The van der Waals surface area contributed by atoms with Crippen molar-refractivity contribution in [1.29, 1.82) is 0 Å². The number of hydrogen-bond acceptors (Lipinski definition) is 4. The van der Waals surface area contributed by atoms with Crippen LogP contribution in [0.3, 0.4) is 0 Å². The summed E-state index contributed by atoms with van der Waals surface area (Å²) in [4.78, 5) is -0.712. The molecule has 0 bridgehead atoms. The molecule has 0 atom stereocenters. The van der Waals surface area contributed by atoms with Crippen LogP contribution in [0.15, 0.2) is 47.4 Å². The van der Waals surface area contributed by atoms with Crippen molar-refractivity contribution in [3.8, 4) is 17.2 Å². The van der Waals surface area contributed by atoms with Gasteiger partial charge in [-0.1, -0.05) is 81.9 Å². The minimum atomic E-state index is -4.68. The van der Waals surface area contributed by atoms with E-state index in [1.165, 1.54) is 38.2 Å². The summed E-state index contributed by atoms with van der Waals surface area (Å²) in [5.74, 6) is -0.475. The van der Waals surface area contributed by atoms with Gasteiger partial charge in [-0.05, 0) is 36.6 Å². The fourth-order valence-electron chi connectivity index (χ4n) is 3.18. The second-order valence-electron chi connectivity index (χ2n) is 7.04. The molecule has 0 radical (unpaired) electrons. The minimum Gasteiger partial charge on any atom is -0.871 e. The van der Waals surface area contributed by atoms with Gasteiger partial charge in [-0.2, -0.15) is 8.42 Å². The standard InChI is InChI=1S/C22H30O5S.K/c1-2-3-4-5-6-7-8-10-13-18-16-20(23)22(28(24,25)26)21(17-18)27-19-14-11-9-12-15-19;/h9,11-12,14-17,23H,2-8,10,13H2,1H3,(H,24,25,26);/q;+1/p-1. The molecule has 7 heteroatoms. The Labute approximate surface area is 217 Å². The summed E-state index contributed by atoms with van der Waals surface area (Å²) >= 11 is 0. The van der Waals surface area contributed by atoms with Crippen LogP contribution in [0.2, 0.25) is 0 Å². The van der Waals surface area contributed by atoms with Crippen LogP contribution in [0.4, 0.5) is 0 Å². The normalized spacial score (nSPS) is 11.1. The first-order chi connectivity index (χ1) is 13.4. The Morgan fingerprint density at radius 1 is 0.931 bits per heavy atom. The van der Waals surface area contributed by atoms with Gasteiger partial charge in [-0.3, -0.25) is 4.55 Å². The van der Waals surface area contributed by atoms with Gasteiger partial charge >= 0.3 is 51.4 Å². The van der Waals surface area contributed by atoms with Crippen molar-refractivity contribution in [2.24, 2.45) is 0 Å². The van der Waals surface area contributed by atoms with Gasteiger partial charge in [-0.25, -0.2) is 0 Å². The third-order valence-corrected chi connectivity index (χ3v) is 5.55. The van der Waals surface area contributed by atoms with Crippen molar-refractivity contribution in [3.63, 3.8) is 0 Å². The molecule has 2 aromatic rings. The first kappa shape index (κ1) is 26.6. The molecule has 154 valence electrons. The van der Waals surface area contributed by atoms with Crippen molar-refractivity contribution in [1.82, 2.24) is 0 Å². The van der Waals surface area contributed by atoms with Gasteiger partial charge in [0.2, 0.25) is 0 Å². The predicted octanol–water partition coefficient (Wildman–Crippen LogP) is 2.49. The summed E-state index contributed by atoms with van der Waals surface area (Å²) in [6.07, 6.45) is 10.1. The smallest absolute Gasteiger partial charge is 0.871 e. The molecule has 0 aliphatic rings. The summed E-state index contributed by atoms with van der Waals surface area (Å²) in [5, 5.41) is 12.3. The molecule has 0 unspecified atom stereocenters. The molecule has 0 amide bonds. The van der Waals surface area contributed by atoms with Crippen LogP contribution < -0.4 is 61.2 Å². The Balaban J connectivity index is 0.00000420. The van der Waals surface area contributed by atoms with Crippen LogP contribution in [-0.2, 0) is 16.5 Å². The SMILES string of the molecule is CCCCCCCCCCc1cc([O-])c(S(=O)(=O)O)c(Oc2ccccc2)c1.[K+]. The van der Waals surface area contributed by atoms with Crippen molar-refractivity contribution in [3.05, 3.63) is 48.0 Å². The molecule has 0 aliphatic carbocycles. The minimum absolute atomic E-state index is 0. The third kappa shape index (κ3) is 9.51. The van der Waals surface area contributed by atoms with Gasteiger partial charge in [0.25, 0.3) is 10.1 Å². The third-order valence-electron chi connectivity index (χ3n) is 4.63.